The van der Waals surface area contributed by atoms with E-state index in [-0.39, 0.29) is 5.75 Å². The van der Waals surface area contributed by atoms with E-state index < -0.39 is 10.0 Å². The molecule has 1 rings (SSSR count). The molecule has 0 radical (unpaired) electrons. The number of sulfonamides is 1. The Morgan fingerprint density at radius 3 is 2.63 bits per heavy atom. The normalized spacial score (nSPS) is 11.5. The monoisotopic (exact) mass is 285 g/mol. The molecule has 0 atom stereocenters. The molecule has 1 aromatic carbocycles. The molecule has 0 spiro atoms. The molecule has 0 heterocycles. The van der Waals surface area contributed by atoms with Crippen LogP contribution in [0, 0.1) is 0 Å². The van der Waals surface area contributed by atoms with Crippen LogP contribution in [0.2, 0.25) is 0 Å². The third-order valence-electron chi connectivity index (χ3n) is 2.80. The van der Waals surface area contributed by atoms with E-state index in [2.05, 4.69) is 11.6 Å². The Hall–Kier alpha value is -1.07. The summed E-state index contributed by atoms with van der Waals surface area (Å²) in [4.78, 5) is 0. The van der Waals surface area contributed by atoms with Gasteiger partial charge < -0.3 is 4.74 Å². The van der Waals surface area contributed by atoms with Gasteiger partial charge in [-0.25, -0.2) is 13.1 Å². The molecule has 0 saturated carbocycles. The van der Waals surface area contributed by atoms with Gasteiger partial charge in [-0.1, -0.05) is 38.5 Å². The molecule has 0 fully saturated rings. The largest absolute Gasteiger partial charge is 0.492 e. The van der Waals surface area contributed by atoms with E-state index in [0.29, 0.717) is 19.6 Å². The second kappa shape index (κ2) is 8.17. The Morgan fingerprint density at radius 2 is 1.95 bits per heavy atom. The fourth-order valence-electron chi connectivity index (χ4n) is 1.70. The summed E-state index contributed by atoms with van der Waals surface area (Å²) in [5, 5.41) is 0. The number of para-hydroxylation sites is 1. The van der Waals surface area contributed by atoms with Crippen LogP contribution in [-0.4, -0.2) is 27.3 Å². The molecule has 0 aliphatic heterocycles. The van der Waals surface area contributed by atoms with Gasteiger partial charge in [-0.3, -0.25) is 0 Å². The van der Waals surface area contributed by atoms with Gasteiger partial charge >= 0.3 is 0 Å². The van der Waals surface area contributed by atoms with Gasteiger partial charge in [0.15, 0.2) is 0 Å². The molecule has 0 amide bonds. The Balaban J connectivity index is 2.35. The zero-order chi connectivity index (χ0) is 14.1. The number of rotatable bonds is 9. The number of nitrogens with one attached hydrogen (secondary N) is 1. The minimum atomic E-state index is -3.14. The topological polar surface area (TPSA) is 55.4 Å². The van der Waals surface area contributed by atoms with Crippen molar-refractivity contribution in [3.8, 4) is 5.75 Å². The van der Waals surface area contributed by atoms with Crippen LogP contribution in [0.25, 0.3) is 0 Å². The fourth-order valence-corrected chi connectivity index (χ4v) is 2.91. The van der Waals surface area contributed by atoms with Gasteiger partial charge in [0.2, 0.25) is 10.0 Å². The van der Waals surface area contributed by atoms with E-state index in [1.54, 1.807) is 0 Å². The Kier molecular flexibility index (Phi) is 6.87. The quantitative estimate of drug-likeness (QED) is 0.709. The molecular formula is C14H23NO3S. The number of benzene rings is 1. The van der Waals surface area contributed by atoms with Gasteiger partial charge in [0.25, 0.3) is 0 Å². The minimum absolute atomic E-state index is 0.190. The molecular weight excluding hydrogens is 262 g/mol. The molecule has 0 aliphatic rings. The maximum absolute atomic E-state index is 11.6. The van der Waals surface area contributed by atoms with Crippen LogP contribution in [0.3, 0.4) is 0 Å². The molecule has 5 heteroatoms. The van der Waals surface area contributed by atoms with Gasteiger partial charge in [0.05, 0.1) is 5.75 Å². The first kappa shape index (κ1) is 16.0. The summed E-state index contributed by atoms with van der Waals surface area (Å²) in [7, 11) is -3.14. The molecule has 0 saturated heterocycles. The SMILES string of the molecule is CCCCS(=O)(=O)NCCOc1ccccc1CC. The molecule has 0 aromatic heterocycles. The van der Waals surface area contributed by atoms with E-state index >= 15 is 0 Å². The first-order chi connectivity index (χ1) is 9.09. The van der Waals surface area contributed by atoms with Crippen molar-refractivity contribution in [2.24, 2.45) is 0 Å². The Bertz CT molecular complexity index is 471. The first-order valence-electron chi connectivity index (χ1n) is 6.77. The number of hydrogen-bond donors (Lipinski definition) is 1. The predicted molar refractivity (Wildman–Crippen MR) is 78.0 cm³/mol. The summed E-state index contributed by atoms with van der Waals surface area (Å²) < 4.78 is 31.3. The molecule has 1 N–H and O–H groups in total. The van der Waals surface area contributed by atoms with Gasteiger partial charge in [0.1, 0.15) is 12.4 Å². The number of ether oxygens (including phenoxy) is 1. The number of hydrogen-bond acceptors (Lipinski definition) is 3. The third kappa shape index (κ3) is 6.07. The van der Waals surface area contributed by atoms with Gasteiger partial charge in [-0.15, -0.1) is 0 Å². The highest BCUT2D eigenvalue weighted by Gasteiger charge is 2.08. The number of unbranched alkanes of at least 4 members (excludes halogenated alkanes) is 1. The van der Waals surface area contributed by atoms with Crippen molar-refractivity contribution in [2.75, 3.05) is 18.9 Å². The van der Waals surface area contributed by atoms with Gasteiger partial charge in [-0.05, 0) is 24.5 Å². The highest BCUT2D eigenvalue weighted by Crippen LogP contribution is 2.17. The smallest absolute Gasteiger partial charge is 0.211 e. The maximum Gasteiger partial charge on any atom is 0.211 e. The second-order valence-corrected chi connectivity index (χ2v) is 6.30. The van der Waals surface area contributed by atoms with E-state index in [9.17, 15) is 8.42 Å². The molecule has 0 bridgehead atoms. The summed E-state index contributed by atoms with van der Waals surface area (Å²) in [6.45, 7) is 4.70. The number of aryl methyl sites for hydroxylation is 1. The van der Waals surface area contributed by atoms with Crippen LogP contribution >= 0.6 is 0 Å². The van der Waals surface area contributed by atoms with Crippen LogP contribution in [-0.2, 0) is 16.4 Å². The van der Waals surface area contributed by atoms with Crippen LogP contribution in [0.5, 0.6) is 5.75 Å². The Labute approximate surface area is 116 Å². The molecule has 19 heavy (non-hydrogen) atoms. The summed E-state index contributed by atoms with van der Waals surface area (Å²) in [5.41, 5.74) is 1.14. The molecule has 1 aromatic rings. The maximum atomic E-state index is 11.6. The zero-order valence-electron chi connectivity index (χ0n) is 11.7. The molecule has 108 valence electrons. The van der Waals surface area contributed by atoms with Crippen LogP contribution in [0.4, 0.5) is 0 Å². The summed E-state index contributed by atoms with van der Waals surface area (Å²) >= 11 is 0. The highest BCUT2D eigenvalue weighted by atomic mass is 32.2. The average molecular weight is 285 g/mol. The van der Waals surface area contributed by atoms with Crippen molar-refractivity contribution in [2.45, 2.75) is 33.1 Å². The third-order valence-corrected chi connectivity index (χ3v) is 4.27. The van der Waals surface area contributed by atoms with Crippen LogP contribution < -0.4 is 9.46 Å². The van der Waals surface area contributed by atoms with Crippen molar-refractivity contribution in [3.05, 3.63) is 29.8 Å². The van der Waals surface area contributed by atoms with E-state index in [0.717, 1.165) is 24.2 Å². The van der Waals surface area contributed by atoms with Crippen molar-refractivity contribution >= 4 is 10.0 Å². The lowest BCUT2D eigenvalue weighted by Crippen LogP contribution is -2.30. The van der Waals surface area contributed by atoms with Crippen molar-refractivity contribution < 1.29 is 13.2 Å². The summed E-state index contributed by atoms with van der Waals surface area (Å²) in [6.07, 6.45) is 2.47. The van der Waals surface area contributed by atoms with Gasteiger partial charge in [0, 0.05) is 6.54 Å². The molecule has 0 aliphatic carbocycles. The fraction of sp³-hybridized carbons (Fsp3) is 0.571. The van der Waals surface area contributed by atoms with Crippen molar-refractivity contribution in [1.29, 1.82) is 0 Å². The lowest BCUT2D eigenvalue weighted by atomic mass is 10.1. The summed E-state index contributed by atoms with van der Waals surface area (Å²) in [5.74, 6) is 1.02. The van der Waals surface area contributed by atoms with E-state index in [1.807, 2.05) is 31.2 Å². The zero-order valence-corrected chi connectivity index (χ0v) is 12.5. The summed E-state index contributed by atoms with van der Waals surface area (Å²) in [6, 6.07) is 7.81. The molecule has 4 nitrogen and oxygen atoms in total. The second-order valence-electron chi connectivity index (χ2n) is 4.38. The molecule has 0 unspecified atom stereocenters. The predicted octanol–water partition coefficient (Wildman–Crippen LogP) is 2.35. The standard InChI is InChI=1S/C14H23NO3S/c1-3-5-12-19(16,17)15-10-11-18-14-9-7-6-8-13(14)4-2/h6-9,15H,3-5,10-12H2,1-2H3. The van der Waals surface area contributed by atoms with Crippen molar-refractivity contribution in [1.82, 2.24) is 4.72 Å². The lowest BCUT2D eigenvalue weighted by molar-refractivity contribution is 0.320. The highest BCUT2D eigenvalue weighted by molar-refractivity contribution is 7.89. The van der Waals surface area contributed by atoms with Crippen molar-refractivity contribution in [3.63, 3.8) is 0 Å². The van der Waals surface area contributed by atoms with E-state index in [4.69, 9.17) is 4.74 Å². The lowest BCUT2D eigenvalue weighted by Gasteiger charge is -2.11. The van der Waals surface area contributed by atoms with E-state index in [1.165, 1.54) is 0 Å². The average Bonchev–Trinajstić information content (AvgIpc) is 2.42. The van der Waals surface area contributed by atoms with Crippen LogP contribution in [0.1, 0.15) is 32.3 Å². The van der Waals surface area contributed by atoms with Gasteiger partial charge in [-0.2, -0.15) is 0 Å². The Morgan fingerprint density at radius 1 is 1.21 bits per heavy atom. The van der Waals surface area contributed by atoms with Crippen LogP contribution in [0.15, 0.2) is 24.3 Å². The minimum Gasteiger partial charge on any atom is -0.492 e. The first-order valence-corrected chi connectivity index (χ1v) is 8.42.